The fourth-order valence-electron chi connectivity index (χ4n) is 3.56. The molecular formula is C23H31N3O5S. The van der Waals surface area contributed by atoms with Crippen LogP contribution >= 0.6 is 0 Å². The molecule has 0 aliphatic carbocycles. The first-order valence-electron chi connectivity index (χ1n) is 10.7. The van der Waals surface area contributed by atoms with Gasteiger partial charge in [0.15, 0.2) is 0 Å². The van der Waals surface area contributed by atoms with Crippen molar-refractivity contribution in [2.45, 2.75) is 31.0 Å². The van der Waals surface area contributed by atoms with Crippen molar-refractivity contribution in [1.29, 1.82) is 0 Å². The van der Waals surface area contributed by atoms with Gasteiger partial charge in [0.05, 0.1) is 24.2 Å². The molecule has 174 valence electrons. The highest BCUT2D eigenvalue weighted by molar-refractivity contribution is 7.89. The number of morpholine rings is 1. The molecule has 0 radical (unpaired) electrons. The van der Waals surface area contributed by atoms with E-state index in [2.05, 4.69) is 34.0 Å². The maximum absolute atomic E-state index is 12.5. The minimum Gasteiger partial charge on any atom is -0.383 e. The van der Waals surface area contributed by atoms with Gasteiger partial charge in [0, 0.05) is 45.4 Å². The van der Waals surface area contributed by atoms with Crippen molar-refractivity contribution in [3.63, 3.8) is 0 Å². The van der Waals surface area contributed by atoms with E-state index >= 15 is 0 Å². The number of ether oxygens (including phenoxy) is 2. The van der Waals surface area contributed by atoms with Crippen LogP contribution in [0.4, 0.5) is 0 Å². The molecule has 1 aliphatic heterocycles. The SMILES string of the molecule is COCCNS(=O)(=O)c1ccc(C(=O)NCc2cccc(CN3CCOC(C)C3)c2)cc1. The van der Waals surface area contributed by atoms with Gasteiger partial charge in [-0.25, -0.2) is 13.1 Å². The van der Waals surface area contributed by atoms with Crippen molar-refractivity contribution in [3.8, 4) is 0 Å². The molecule has 1 heterocycles. The van der Waals surface area contributed by atoms with Crippen LogP contribution in [0.2, 0.25) is 0 Å². The molecule has 3 rings (SSSR count). The maximum atomic E-state index is 12.5. The van der Waals surface area contributed by atoms with E-state index < -0.39 is 10.0 Å². The quantitative estimate of drug-likeness (QED) is 0.524. The molecule has 0 aromatic heterocycles. The molecule has 1 amide bonds. The number of sulfonamides is 1. The van der Waals surface area contributed by atoms with Crippen LogP contribution in [0.3, 0.4) is 0 Å². The first kappa shape index (κ1) is 24.3. The number of amides is 1. The number of benzene rings is 2. The van der Waals surface area contributed by atoms with Gasteiger partial charge >= 0.3 is 0 Å². The molecule has 2 aromatic rings. The summed E-state index contributed by atoms with van der Waals surface area (Å²) < 4.78 is 37.3. The highest BCUT2D eigenvalue weighted by atomic mass is 32.2. The number of hydrogen-bond donors (Lipinski definition) is 2. The lowest BCUT2D eigenvalue weighted by molar-refractivity contribution is -0.0212. The fourth-order valence-corrected chi connectivity index (χ4v) is 4.57. The molecule has 32 heavy (non-hydrogen) atoms. The van der Waals surface area contributed by atoms with Gasteiger partial charge in [-0.2, -0.15) is 0 Å². The van der Waals surface area contributed by atoms with Gasteiger partial charge in [-0.15, -0.1) is 0 Å². The van der Waals surface area contributed by atoms with Crippen molar-refractivity contribution in [1.82, 2.24) is 14.9 Å². The molecule has 0 bridgehead atoms. The molecule has 2 N–H and O–H groups in total. The molecule has 1 aliphatic rings. The molecule has 1 atom stereocenters. The Kier molecular flexibility index (Phi) is 8.77. The Labute approximate surface area is 190 Å². The van der Waals surface area contributed by atoms with Crippen molar-refractivity contribution in [2.75, 3.05) is 40.0 Å². The minimum absolute atomic E-state index is 0.107. The summed E-state index contributed by atoms with van der Waals surface area (Å²) in [6.45, 7) is 6.37. The number of carbonyl (C=O) groups excluding carboxylic acids is 1. The number of rotatable bonds is 10. The molecule has 1 unspecified atom stereocenters. The normalized spacial score (nSPS) is 17.2. The second-order valence-electron chi connectivity index (χ2n) is 7.83. The van der Waals surface area contributed by atoms with Crippen molar-refractivity contribution >= 4 is 15.9 Å². The Morgan fingerprint density at radius 3 is 2.66 bits per heavy atom. The van der Waals surface area contributed by atoms with Crippen LogP contribution < -0.4 is 10.0 Å². The van der Waals surface area contributed by atoms with Crippen molar-refractivity contribution < 1.29 is 22.7 Å². The number of carbonyl (C=O) groups is 1. The molecule has 0 saturated carbocycles. The molecule has 1 saturated heterocycles. The number of hydrogen-bond acceptors (Lipinski definition) is 6. The molecule has 2 aromatic carbocycles. The summed E-state index contributed by atoms with van der Waals surface area (Å²) in [6, 6.07) is 14.0. The average Bonchev–Trinajstić information content (AvgIpc) is 2.78. The van der Waals surface area contributed by atoms with Crippen LogP contribution in [0.25, 0.3) is 0 Å². The fraction of sp³-hybridized carbons (Fsp3) is 0.435. The van der Waals surface area contributed by atoms with Crippen molar-refractivity contribution in [3.05, 3.63) is 65.2 Å². The van der Waals surface area contributed by atoms with Gasteiger partial charge in [0.1, 0.15) is 0 Å². The third-order valence-electron chi connectivity index (χ3n) is 5.20. The third kappa shape index (κ3) is 7.11. The zero-order valence-corrected chi connectivity index (χ0v) is 19.4. The highest BCUT2D eigenvalue weighted by Gasteiger charge is 2.17. The van der Waals surface area contributed by atoms with E-state index in [9.17, 15) is 13.2 Å². The summed E-state index contributed by atoms with van der Waals surface area (Å²) >= 11 is 0. The molecule has 9 heteroatoms. The lowest BCUT2D eigenvalue weighted by Gasteiger charge is -2.31. The summed E-state index contributed by atoms with van der Waals surface area (Å²) in [7, 11) is -2.12. The van der Waals surface area contributed by atoms with Crippen LogP contribution in [0, 0.1) is 0 Å². The van der Waals surface area contributed by atoms with Gasteiger partial charge in [0.25, 0.3) is 5.91 Å². The summed E-state index contributed by atoms with van der Waals surface area (Å²) in [4.78, 5) is 15.0. The van der Waals surface area contributed by atoms with E-state index in [0.29, 0.717) is 12.1 Å². The van der Waals surface area contributed by atoms with E-state index in [-0.39, 0.29) is 30.1 Å². The van der Waals surface area contributed by atoms with E-state index in [4.69, 9.17) is 9.47 Å². The van der Waals surface area contributed by atoms with Gasteiger partial charge < -0.3 is 14.8 Å². The Hall–Kier alpha value is -2.30. The van der Waals surface area contributed by atoms with Crippen LogP contribution in [0.1, 0.15) is 28.4 Å². The van der Waals surface area contributed by atoms with Crippen LogP contribution in [-0.4, -0.2) is 65.3 Å². The van der Waals surface area contributed by atoms with Crippen LogP contribution in [0.15, 0.2) is 53.4 Å². The summed E-state index contributed by atoms with van der Waals surface area (Å²) in [5.74, 6) is -0.256. The predicted molar refractivity (Wildman–Crippen MR) is 122 cm³/mol. The summed E-state index contributed by atoms with van der Waals surface area (Å²) in [5.41, 5.74) is 2.61. The van der Waals surface area contributed by atoms with E-state index in [1.807, 2.05) is 12.1 Å². The second kappa shape index (κ2) is 11.5. The van der Waals surface area contributed by atoms with E-state index in [1.54, 1.807) is 0 Å². The predicted octanol–water partition coefficient (Wildman–Crippen LogP) is 1.76. The first-order valence-corrected chi connectivity index (χ1v) is 12.1. The van der Waals surface area contributed by atoms with Gasteiger partial charge in [0.2, 0.25) is 10.0 Å². The van der Waals surface area contributed by atoms with Gasteiger partial charge in [-0.1, -0.05) is 24.3 Å². The molecule has 8 nitrogen and oxygen atoms in total. The van der Waals surface area contributed by atoms with E-state index in [1.165, 1.54) is 36.9 Å². The Morgan fingerprint density at radius 1 is 1.19 bits per heavy atom. The first-order chi connectivity index (χ1) is 15.4. The number of nitrogens with one attached hydrogen (secondary N) is 2. The number of methoxy groups -OCH3 is 1. The third-order valence-corrected chi connectivity index (χ3v) is 6.68. The zero-order valence-electron chi connectivity index (χ0n) is 18.5. The molecular weight excluding hydrogens is 430 g/mol. The lowest BCUT2D eigenvalue weighted by atomic mass is 10.1. The largest absolute Gasteiger partial charge is 0.383 e. The van der Waals surface area contributed by atoms with Crippen LogP contribution in [0.5, 0.6) is 0 Å². The standard InChI is InChI=1S/C23H31N3O5S/c1-18-16-26(11-13-31-18)17-20-5-3-4-19(14-20)15-24-23(27)21-6-8-22(9-7-21)32(28,29)25-10-12-30-2/h3-9,14,18,25H,10-13,15-17H2,1-2H3,(H,24,27). The molecule has 0 spiro atoms. The Balaban J connectivity index is 1.54. The minimum atomic E-state index is -3.62. The van der Waals surface area contributed by atoms with Crippen molar-refractivity contribution in [2.24, 2.45) is 0 Å². The summed E-state index contributed by atoms with van der Waals surface area (Å²) in [6.07, 6.45) is 0.244. The molecule has 1 fully saturated rings. The lowest BCUT2D eigenvalue weighted by Crippen LogP contribution is -2.40. The van der Waals surface area contributed by atoms with Gasteiger partial charge in [-0.3, -0.25) is 9.69 Å². The second-order valence-corrected chi connectivity index (χ2v) is 9.60. The smallest absolute Gasteiger partial charge is 0.251 e. The summed E-state index contributed by atoms with van der Waals surface area (Å²) in [5, 5.41) is 2.90. The average molecular weight is 462 g/mol. The maximum Gasteiger partial charge on any atom is 0.251 e. The number of nitrogens with zero attached hydrogens (tertiary/aromatic N) is 1. The highest BCUT2D eigenvalue weighted by Crippen LogP contribution is 2.13. The Morgan fingerprint density at radius 2 is 1.94 bits per heavy atom. The monoisotopic (exact) mass is 461 g/mol. The van der Waals surface area contributed by atoms with Gasteiger partial charge in [-0.05, 0) is 42.3 Å². The Bertz CT molecular complexity index is 995. The van der Waals surface area contributed by atoms with E-state index in [0.717, 1.165) is 31.8 Å². The van der Waals surface area contributed by atoms with Crippen LogP contribution in [-0.2, 0) is 32.6 Å². The topological polar surface area (TPSA) is 97.0 Å². The zero-order chi connectivity index (χ0) is 23.0.